The summed E-state index contributed by atoms with van der Waals surface area (Å²) in [5.74, 6) is 1.12. The van der Waals surface area contributed by atoms with E-state index in [0.717, 1.165) is 33.8 Å². The molecule has 0 radical (unpaired) electrons. The van der Waals surface area contributed by atoms with Gasteiger partial charge in [-0.2, -0.15) is 4.98 Å². The van der Waals surface area contributed by atoms with E-state index in [2.05, 4.69) is 25.7 Å². The van der Waals surface area contributed by atoms with Gasteiger partial charge in [0.1, 0.15) is 5.75 Å². The minimum absolute atomic E-state index is 0.148. The highest BCUT2D eigenvalue weighted by molar-refractivity contribution is 5.94. The molecule has 0 aliphatic carbocycles. The van der Waals surface area contributed by atoms with E-state index in [1.165, 1.54) is 0 Å². The van der Waals surface area contributed by atoms with Crippen LogP contribution in [0.1, 0.15) is 15.9 Å². The number of benzene rings is 2. The number of carbonyl (C=O) groups excluding carboxylic acids is 1. The van der Waals surface area contributed by atoms with Gasteiger partial charge in [0.25, 0.3) is 5.91 Å². The van der Waals surface area contributed by atoms with Crippen LogP contribution in [0.5, 0.6) is 5.75 Å². The van der Waals surface area contributed by atoms with Crippen LogP contribution < -0.4 is 15.4 Å². The molecule has 0 unspecified atom stereocenters. The molecule has 0 fully saturated rings. The predicted octanol–water partition coefficient (Wildman–Crippen LogP) is 4.47. The maximum absolute atomic E-state index is 12.4. The van der Waals surface area contributed by atoms with E-state index in [9.17, 15) is 4.79 Å². The molecule has 2 aromatic carbocycles. The number of nitrogens with zero attached hydrogens (tertiary/aromatic N) is 4. The van der Waals surface area contributed by atoms with Crippen molar-refractivity contribution >= 4 is 23.2 Å². The first kappa shape index (κ1) is 21.1. The molecule has 0 saturated heterocycles. The number of rotatable bonds is 7. The Morgan fingerprint density at radius 3 is 2.56 bits per heavy atom. The first-order valence-electron chi connectivity index (χ1n) is 10.7. The molecule has 5 aromatic rings. The fourth-order valence-electron chi connectivity index (χ4n) is 3.58. The molecule has 0 spiro atoms. The van der Waals surface area contributed by atoms with Crippen LogP contribution in [-0.4, -0.2) is 32.6 Å². The summed E-state index contributed by atoms with van der Waals surface area (Å²) >= 11 is 0. The zero-order chi connectivity index (χ0) is 23.3. The molecule has 34 heavy (non-hydrogen) atoms. The second-order valence-corrected chi connectivity index (χ2v) is 7.60. The molecule has 0 saturated carbocycles. The molecule has 3 heterocycles. The maximum atomic E-state index is 12.4. The molecule has 8 nitrogen and oxygen atoms in total. The summed E-state index contributed by atoms with van der Waals surface area (Å²) in [6.07, 6.45) is 5.29. The van der Waals surface area contributed by atoms with Crippen molar-refractivity contribution in [2.24, 2.45) is 0 Å². The molecule has 0 bridgehead atoms. The summed E-state index contributed by atoms with van der Waals surface area (Å²) in [5.41, 5.74) is 5.02. The van der Waals surface area contributed by atoms with Crippen molar-refractivity contribution in [1.82, 2.24) is 24.9 Å². The number of hydrogen-bond acceptors (Lipinski definition) is 6. The second-order valence-electron chi connectivity index (χ2n) is 7.60. The van der Waals surface area contributed by atoms with Gasteiger partial charge in [0.2, 0.25) is 5.95 Å². The van der Waals surface area contributed by atoms with Crippen molar-refractivity contribution in [3.05, 3.63) is 103 Å². The average Bonchev–Trinajstić information content (AvgIpc) is 3.31. The number of pyridine rings is 2. The molecular weight excluding hydrogens is 428 g/mol. The minimum Gasteiger partial charge on any atom is -0.497 e. The van der Waals surface area contributed by atoms with Crippen LogP contribution in [0.15, 0.2) is 91.4 Å². The molecular formula is C26H22N6O2. The number of aromatic nitrogens is 4. The largest absolute Gasteiger partial charge is 0.497 e. The van der Waals surface area contributed by atoms with Crippen LogP contribution in [-0.2, 0) is 6.54 Å². The van der Waals surface area contributed by atoms with Crippen molar-refractivity contribution in [2.45, 2.75) is 6.54 Å². The lowest BCUT2D eigenvalue weighted by molar-refractivity contribution is 0.0951. The third-order valence-corrected chi connectivity index (χ3v) is 5.34. The first-order valence-corrected chi connectivity index (χ1v) is 10.7. The van der Waals surface area contributed by atoms with Gasteiger partial charge in [0.05, 0.1) is 7.11 Å². The molecule has 0 atom stereocenters. The normalized spacial score (nSPS) is 10.7. The zero-order valence-electron chi connectivity index (χ0n) is 18.5. The predicted molar refractivity (Wildman–Crippen MR) is 130 cm³/mol. The maximum Gasteiger partial charge on any atom is 0.251 e. The molecule has 0 aliphatic rings. The molecule has 8 heteroatoms. The number of fused-ring (bicyclic) bond motifs is 1. The van der Waals surface area contributed by atoms with E-state index in [1.807, 2.05) is 66.9 Å². The van der Waals surface area contributed by atoms with Crippen molar-refractivity contribution < 1.29 is 9.53 Å². The van der Waals surface area contributed by atoms with E-state index in [4.69, 9.17) is 4.74 Å². The summed E-state index contributed by atoms with van der Waals surface area (Å²) < 4.78 is 6.99. The Balaban J connectivity index is 1.30. The molecule has 1 amide bonds. The Kier molecular flexibility index (Phi) is 5.85. The lowest BCUT2D eigenvalue weighted by atomic mass is 10.1. The molecule has 2 N–H and O–H groups in total. The number of ether oxygens (including phenoxy) is 1. The Morgan fingerprint density at radius 1 is 1.00 bits per heavy atom. The molecule has 3 aromatic heterocycles. The Morgan fingerprint density at radius 2 is 1.82 bits per heavy atom. The number of nitrogens with one attached hydrogen (secondary N) is 2. The summed E-state index contributed by atoms with van der Waals surface area (Å²) in [6.45, 7) is 0.425. The first-order chi connectivity index (χ1) is 16.7. The number of hydrogen-bond donors (Lipinski definition) is 2. The third-order valence-electron chi connectivity index (χ3n) is 5.34. The summed E-state index contributed by atoms with van der Waals surface area (Å²) in [7, 11) is 1.65. The third kappa shape index (κ3) is 4.56. The van der Waals surface area contributed by atoms with Gasteiger partial charge in [-0.1, -0.05) is 18.2 Å². The quantitative estimate of drug-likeness (QED) is 0.380. The summed E-state index contributed by atoms with van der Waals surface area (Å²) in [4.78, 5) is 21.2. The zero-order valence-corrected chi connectivity index (χ0v) is 18.5. The van der Waals surface area contributed by atoms with Gasteiger partial charge in [-0.05, 0) is 65.7 Å². The van der Waals surface area contributed by atoms with Crippen molar-refractivity contribution in [3.8, 4) is 16.9 Å². The lowest BCUT2D eigenvalue weighted by Crippen LogP contribution is -2.22. The van der Waals surface area contributed by atoms with Crippen LogP contribution in [0.25, 0.3) is 16.8 Å². The number of anilines is 2. The van der Waals surface area contributed by atoms with Gasteiger partial charge in [0.15, 0.2) is 5.65 Å². The van der Waals surface area contributed by atoms with Gasteiger partial charge < -0.3 is 15.4 Å². The summed E-state index contributed by atoms with van der Waals surface area (Å²) in [6, 6.07) is 22.7. The van der Waals surface area contributed by atoms with Crippen LogP contribution in [0.3, 0.4) is 0 Å². The van der Waals surface area contributed by atoms with E-state index in [-0.39, 0.29) is 5.91 Å². The van der Waals surface area contributed by atoms with Crippen molar-refractivity contribution in [2.75, 3.05) is 12.4 Å². The Hall–Kier alpha value is -4.72. The standard InChI is InChI=1S/C26H22N6O2/c1-34-22-12-8-19(9-13-22)23-5-3-15-32-24(23)30-26(31-32)29-21-10-6-20(7-11-21)25(33)28-17-18-4-2-14-27-16-18/h2-16H,17H2,1H3,(H,28,33)(H,29,31). The number of carbonyl (C=O) groups is 1. The molecule has 168 valence electrons. The van der Waals surface area contributed by atoms with Crippen molar-refractivity contribution in [1.29, 1.82) is 0 Å². The molecule has 5 rings (SSSR count). The van der Waals surface area contributed by atoms with E-state index in [1.54, 1.807) is 36.2 Å². The Labute approximate surface area is 196 Å². The minimum atomic E-state index is -0.148. The average molecular weight is 451 g/mol. The van der Waals surface area contributed by atoms with E-state index in [0.29, 0.717) is 18.1 Å². The van der Waals surface area contributed by atoms with Crippen LogP contribution in [0, 0.1) is 0 Å². The highest BCUT2D eigenvalue weighted by Crippen LogP contribution is 2.26. The fourth-order valence-corrected chi connectivity index (χ4v) is 3.58. The smallest absolute Gasteiger partial charge is 0.251 e. The monoisotopic (exact) mass is 450 g/mol. The van der Waals surface area contributed by atoms with E-state index >= 15 is 0 Å². The SMILES string of the molecule is COc1ccc(-c2cccn3nc(Nc4ccc(C(=O)NCc5cccnc5)cc4)nc23)cc1. The Bertz CT molecular complexity index is 1410. The van der Waals surface area contributed by atoms with E-state index < -0.39 is 0 Å². The van der Waals surface area contributed by atoms with Crippen molar-refractivity contribution in [3.63, 3.8) is 0 Å². The van der Waals surface area contributed by atoms with Gasteiger partial charge in [-0.15, -0.1) is 5.10 Å². The molecule has 0 aliphatic heterocycles. The summed E-state index contributed by atoms with van der Waals surface area (Å²) in [5, 5.41) is 10.6. The van der Waals surface area contributed by atoms with Gasteiger partial charge in [0, 0.05) is 41.9 Å². The fraction of sp³-hybridized carbons (Fsp3) is 0.0769. The van der Waals surface area contributed by atoms with Crippen LogP contribution >= 0.6 is 0 Å². The van der Waals surface area contributed by atoms with Gasteiger partial charge in [-0.25, -0.2) is 4.52 Å². The highest BCUT2D eigenvalue weighted by atomic mass is 16.5. The van der Waals surface area contributed by atoms with Crippen LogP contribution in [0.4, 0.5) is 11.6 Å². The van der Waals surface area contributed by atoms with Gasteiger partial charge in [-0.3, -0.25) is 9.78 Å². The topological polar surface area (TPSA) is 93.4 Å². The highest BCUT2D eigenvalue weighted by Gasteiger charge is 2.11. The number of amides is 1. The van der Waals surface area contributed by atoms with Gasteiger partial charge >= 0.3 is 0 Å². The second kappa shape index (κ2) is 9.41. The lowest BCUT2D eigenvalue weighted by Gasteiger charge is -2.06. The van der Waals surface area contributed by atoms with Crippen LogP contribution in [0.2, 0.25) is 0 Å². The number of methoxy groups -OCH3 is 1.